The molecule has 2 N–H and O–H groups in total. The highest BCUT2D eigenvalue weighted by atomic mass is 16.5. The van der Waals surface area contributed by atoms with Gasteiger partial charge in [-0.15, -0.1) is 0 Å². The Kier molecular flexibility index (Phi) is 5.02. The SMILES string of the molecule is CC(C)NC(=O)C1(Cc2cc(C3CCOC3)no2)CCNCC1. The van der Waals surface area contributed by atoms with Crippen molar-refractivity contribution < 1.29 is 14.1 Å². The van der Waals surface area contributed by atoms with Crippen LogP contribution < -0.4 is 10.6 Å². The van der Waals surface area contributed by atoms with Crippen LogP contribution in [0.3, 0.4) is 0 Å². The third-order valence-corrected chi connectivity index (χ3v) is 4.90. The molecule has 0 spiro atoms. The second kappa shape index (κ2) is 7.01. The summed E-state index contributed by atoms with van der Waals surface area (Å²) in [6.45, 7) is 7.23. The first-order valence-electron chi connectivity index (χ1n) is 8.64. The molecule has 0 aliphatic carbocycles. The molecule has 0 radical (unpaired) electrons. The average Bonchev–Trinajstić information content (AvgIpc) is 3.18. The molecule has 1 unspecified atom stereocenters. The third-order valence-electron chi connectivity index (χ3n) is 4.90. The van der Waals surface area contributed by atoms with Crippen molar-refractivity contribution in [2.45, 2.75) is 51.5 Å². The van der Waals surface area contributed by atoms with Crippen molar-refractivity contribution in [3.8, 4) is 0 Å². The molecule has 0 aromatic carbocycles. The quantitative estimate of drug-likeness (QED) is 0.862. The van der Waals surface area contributed by atoms with E-state index in [4.69, 9.17) is 9.26 Å². The number of ether oxygens (including phenoxy) is 1. The summed E-state index contributed by atoms with van der Waals surface area (Å²) in [6, 6.07) is 2.17. The lowest BCUT2D eigenvalue weighted by Gasteiger charge is -2.36. The normalized spacial score (nSPS) is 24.0. The van der Waals surface area contributed by atoms with E-state index in [9.17, 15) is 4.79 Å². The van der Waals surface area contributed by atoms with Gasteiger partial charge in [0.1, 0.15) is 5.76 Å². The maximum Gasteiger partial charge on any atom is 0.226 e. The lowest BCUT2D eigenvalue weighted by atomic mass is 9.74. The first kappa shape index (κ1) is 16.5. The number of nitrogens with one attached hydrogen (secondary N) is 2. The van der Waals surface area contributed by atoms with Gasteiger partial charge in [-0.05, 0) is 46.2 Å². The smallest absolute Gasteiger partial charge is 0.226 e. The van der Waals surface area contributed by atoms with Crippen molar-refractivity contribution >= 4 is 5.91 Å². The van der Waals surface area contributed by atoms with Crippen LogP contribution in [-0.2, 0) is 16.0 Å². The number of hydrogen-bond acceptors (Lipinski definition) is 5. The average molecular weight is 321 g/mol. The Hall–Kier alpha value is -1.40. The number of piperidine rings is 1. The maximum atomic E-state index is 12.8. The molecule has 1 atom stereocenters. The van der Waals surface area contributed by atoms with Gasteiger partial charge in [-0.1, -0.05) is 5.16 Å². The Morgan fingerprint density at radius 1 is 1.48 bits per heavy atom. The van der Waals surface area contributed by atoms with E-state index in [1.807, 2.05) is 19.9 Å². The molecule has 3 rings (SSSR count). The predicted molar refractivity (Wildman–Crippen MR) is 86.2 cm³/mol. The summed E-state index contributed by atoms with van der Waals surface area (Å²) in [5, 5.41) is 10.6. The Morgan fingerprint density at radius 3 is 2.91 bits per heavy atom. The number of carbonyl (C=O) groups is 1. The Balaban J connectivity index is 1.74. The fourth-order valence-electron chi connectivity index (χ4n) is 3.51. The molecule has 6 heteroatoms. The van der Waals surface area contributed by atoms with Gasteiger partial charge >= 0.3 is 0 Å². The molecule has 2 fully saturated rings. The fraction of sp³-hybridized carbons (Fsp3) is 0.765. The van der Waals surface area contributed by atoms with E-state index < -0.39 is 5.41 Å². The predicted octanol–water partition coefficient (Wildman–Crippen LogP) is 1.62. The topological polar surface area (TPSA) is 76.4 Å². The largest absolute Gasteiger partial charge is 0.381 e. The molecule has 2 aliphatic heterocycles. The second-order valence-electron chi connectivity index (χ2n) is 7.11. The van der Waals surface area contributed by atoms with Crippen molar-refractivity contribution in [1.29, 1.82) is 0 Å². The van der Waals surface area contributed by atoms with Gasteiger partial charge in [0, 0.05) is 31.1 Å². The summed E-state index contributed by atoms with van der Waals surface area (Å²) >= 11 is 0. The summed E-state index contributed by atoms with van der Waals surface area (Å²) in [5.74, 6) is 1.28. The van der Waals surface area contributed by atoms with Crippen LogP contribution >= 0.6 is 0 Å². The van der Waals surface area contributed by atoms with E-state index >= 15 is 0 Å². The van der Waals surface area contributed by atoms with Crippen LogP contribution in [0.4, 0.5) is 0 Å². The van der Waals surface area contributed by atoms with Crippen LogP contribution in [0.2, 0.25) is 0 Å². The van der Waals surface area contributed by atoms with Crippen LogP contribution in [0.15, 0.2) is 10.6 Å². The monoisotopic (exact) mass is 321 g/mol. The highest BCUT2D eigenvalue weighted by molar-refractivity contribution is 5.83. The molecule has 1 aromatic heterocycles. The number of hydrogen-bond donors (Lipinski definition) is 2. The van der Waals surface area contributed by atoms with Gasteiger partial charge < -0.3 is 19.9 Å². The lowest BCUT2D eigenvalue weighted by molar-refractivity contribution is -0.133. The summed E-state index contributed by atoms with van der Waals surface area (Å²) < 4.78 is 11.0. The Morgan fingerprint density at radius 2 is 2.26 bits per heavy atom. The minimum atomic E-state index is -0.390. The van der Waals surface area contributed by atoms with Crippen LogP contribution in [0.25, 0.3) is 0 Å². The number of rotatable bonds is 5. The molecule has 1 amide bonds. The maximum absolute atomic E-state index is 12.8. The zero-order valence-corrected chi connectivity index (χ0v) is 14.1. The highest BCUT2D eigenvalue weighted by Crippen LogP contribution is 2.35. The van der Waals surface area contributed by atoms with Crippen LogP contribution in [0.5, 0.6) is 0 Å². The van der Waals surface area contributed by atoms with Gasteiger partial charge in [0.05, 0.1) is 17.7 Å². The van der Waals surface area contributed by atoms with Gasteiger partial charge in [-0.2, -0.15) is 0 Å². The van der Waals surface area contributed by atoms with E-state index in [1.165, 1.54) is 0 Å². The summed E-state index contributed by atoms with van der Waals surface area (Å²) in [6.07, 6.45) is 3.27. The summed E-state index contributed by atoms with van der Waals surface area (Å²) in [7, 11) is 0. The molecule has 0 bridgehead atoms. The van der Waals surface area contributed by atoms with Crippen molar-refractivity contribution in [2.24, 2.45) is 5.41 Å². The van der Waals surface area contributed by atoms with Gasteiger partial charge in [-0.3, -0.25) is 4.79 Å². The molecule has 3 heterocycles. The van der Waals surface area contributed by atoms with Gasteiger partial charge in [0.25, 0.3) is 0 Å². The molecule has 0 saturated carbocycles. The zero-order chi connectivity index (χ0) is 16.3. The summed E-state index contributed by atoms with van der Waals surface area (Å²) in [5.41, 5.74) is 0.573. The standard InChI is InChI=1S/C17H27N3O3/c1-12(2)19-16(21)17(4-6-18-7-5-17)10-14-9-15(20-23-14)13-3-8-22-11-13/h9,12-13,18H,3-8,10-11H2,1-2H3,(H,19,21). The first-order chi connectivity index (χ1) is 11.1. The van der Waals surface area contributed by atoms with E-state index in [2.05, 4.69) is 15.8 Å². The van der Waals surface area contributed by atoms with Crippen LogP contribution in [0, 0.1) is 5.41 Å². The second-order valence-corrected chi connectivity index (χ2v) is 7.11. The van der Waals surface area contributed by atoms with Crippen LogP contribution in [0.1, 0.15) is 50.5 Å². The highest BCUT2D eigenvalue weighted by Gasteiger charge is 2.41. The molecule has 2 saturated heterocycles. The van der Waals surface area contributed by atoms with Crippen molar-refractivity contribution in [2.75, 3.05) is 26.3 Å². The molecule has 2 aliphatic rings. The first-order valence-corrected chi connectivity index (χ1v) is 8.64. The van der Waals surface area contributed by atoms with Gasteiger partial charge in [0.15, 0.2) is 0 Å². The van der Waals surface area contributed by atoms with Gasteiger partial charge in [0.2, 0.25) is 5.91 Å². The van der Waals surface area contributed by atoms with Crippen molar-refractivity contribution in [1.82, 2.24) is 15.8 Å². The number of nitrogens with zero attached hydrogens (tertiary/aromatic N) is 1. The minimum Gasteiger partial charge on any atom is -0.381 e. The number of carbonyl (C=O) groups excluding carboxylic acids is 1. The van der Waals surface area contributed by atoms with Crippen LogP contribution in [-0.4, -0.2) is 43.4 Å². The molecule has 128 valence electrons. The Labute approximate surface area is 137 Å². The lowest BCUT2D eigenvalue weighted by Crippen LogP contribution is -2.50. The molecular formula is C17H27N3O3. The molecular weight excluding hydrogens is 294 g/mol. The molecule has 1 aromatic rings. The zero-order valence-electron chi connectivity index (χ0n) is 14.1. The minimum absolute atomic E-state index is 0.135. The van der Waals surface area contributed by atoms with E-state index in [1.54, 1.807) is 0 Å². The van der Waals surface area contributed by atoms with E-state index in [0.717, 1.165) is 57.0 Å². The number of aromatic nitrogens is 1. The number of amides is 1. The third kappa shape index (κ3) is 3.75. The Bertz CT molecular complexity index is 529. The van der Waals surface area contributed by atoms with Gasteiger partial charge in [-0.25, -0.2) is 0 Å². The van der Waals surface area contributed by atoms with E-state index in [0.29, 0.717) is 12.3 Å². The molecule has 23 heavy (non-hydrogen) atoms. The summed E-state index contributed by atoms with van der Waals surface area (Å²) in [4.78, 5) is 12.8. The van der Waals surface area contributed by atoms with Crippen molar-refractivity contribution in [3.63, 3.8) is 0 Å². The van der Waals surface area contributed by atoms with Crippen molar-refractivity contribution in [3.05, 3.63) is 17.5 Å². The fourth-order valence-corrected chi connectivity index (χ4v) is 3.51. The molecule has 6 nitrogen and oxygen atoms in total. The van der Waals surface area contributed by atoms with E-state index in [-0.39, 0.29) is 11.9 Å².